The molecule has 96 valence electrons. The Hall–Kier alpha value is -1.92. The van der Waals surface area contributed by atoms with Crippen molar-refractivity contribution >= 4 is 28.6 Å². The molecule has 3 heterocycles. The van der Waals surface area contributed by atoms with Gasteiger partial charge in [0.2, 0.25) is 0 Å². The highest BCUT2D eigenvalue weighted by molar-refractivity contribution is 7.11. The minimum Gasteiger partial charge on any atom is -0.477 e. The third-order valence-electron chi connectivity index (χ3n) is 2.67. The van der Waals surface area contributed by atoms with E-state index in [1.165, 1.54) is 4.88 Å². The molecule has 0 aliphatic carbocycles. The van der Waals surface area contributed by atoms with Crippen LogP contribution in [0.4, 0.5) is 0 Å². The quantitative estimate of drug-likeness (QED) is 0.773. The van der Waals surface area contributed by atoms with Crippen LogP contribution in [0.25, 0.3) is 11.3 Å². The van der Waals surface area contributed by atoms with Gasteiger partial charge < -0.3 is 10.1 Å². The number of H-pyrrole nitrogens is 1. The first kappa shape index (κ1) is 12.1. The third-order valence-corrected chi connectivity index (χ3v) is 4.39. The third kappa shape index (κ3) is 2.59. The van der Waals surface area contributed by atoms with E-state index in [2.05, 4.69) is 21.4 Å². The number of aromatic amines is 1. The van der Waals surface area contributed by atoms with E-state index >= 15 is 0 Å². The Bertz CT molecular complexity index is 698. The van der Waals surface area contributed by atoms with Crippen LogP contribution in [-0.2, 0) is 6.42 Å². The maximum absolute atomic E-state index is 10.8. The van der Waals surface area contributed by atoms with Crippen LogP contribution in [0.15, 0.2) is 35.2 Å². The lowest BCUT2D eigenvalue weighted by Crippen LogP contribution is -1.94. The van der Waals surface area contributed by atoms with Crippen molar-refractivity contribution in [3.05, 3.63) is 50.7 Å². The van der Waals surface area contributed by atoms with E-state index in [1.807, 2.05) is 11.4 Å². The monoisotopic (exact) mass is 290 g/mol. The Morgan fingerprint density at radius 1 is 1.42 bits per heavy atom. The number of carbonyl (C=O) groups is 1. The number of carboxylic acids is 1. The molecule has 0 aromatic carbocycles. The minimum atomic E-state index is -0.958. The molecule has 3 aromatic heterocycles. The van der Waals surface area contributed by atoms with Gasteiger partial charge in [0.25, 0.3) is 0 Å². The van der Waals surface area contributed by atoms with Crippen molar-refractivity contribution < 1.29 is 9.90 Å². The summed E-state index contributed by atoms with van der Waals surface area (Å²) < 4.78 is 0. The Kier molecular flexibility index (Phi) is 3.18. The van der Waals surface area contributed by atoms with Crippen molar-refractivity contribution in [3.63, 3.8) is 0 Å². The fourth-order valence-electron chi connectivity index (χ4n) is 1.75. The van der Waals surface area contributed by atoms with Crippen molar-refractivity contribution in [2.24, 2.45) is 0 Å². The minimum absolute atomic E-state index is 0.183. The first-order valence-electron chi connectivity index (χ1n) is 5.61. The number of nitrogens with one attached hydrogen (secondary N) is 1. The van der Waals surface area contributed by atoms with Gasteiger partial charge in [-0.15, -0.1) is 22.7 Å². The van der Waals surface area contributed by atoms with Gasteiger partial charge in [-0.1, -0.05) is 6.07 Å². The van der Waals surface area contributed by atoms with Gasteiger partial charge in [-0.05, 0) is 17.5 Å². The second-order valence-electron chi connectivity index (χ2n) is 3.99. The fraction of sp³-hybridized carbons (Fsp3) is 0.0769. The van der Waals surface area contributed by atoms with E-state index in [4.69, 9.17) is 5.11 Å². The first-order valence-corrected chi connectivity index (χ1v) is 7.37. The summed E-state index contributed by atoms with van der Waals surface area (Å²) in [6, 6.07) is 5.72. The summed E-state index contributed by atoms with van der Waals surface area (Å²) in [7, 11) is 0. The number of hydrogen-bond donors (Lipinski definition) is 2. The van der Waals surface area contributed by atoms with Gasteiger partial charge >= 0.3 is 5.97 Å². The molecule has 4 nitrogen and oxygen atoms in total. The number of carboxylic acid groups (broad SMARTS) is 1. The Morgan fingerprint density at radius 3 is 3.00 bits per heavy atom. The number of rotatable bonds is 4. The van der Waals surface area contributed by atoms with Crippen LogP contribution in [0.2, 0.25) is 0 Å². The first-order chi connectivity index (χ1) is 9.22. The molecule has 3 aromatic rings. The number of hydrogen-bond acceptors (Lipinski definition) is 4. The second-order valence-corrected chi connectivity index (χ2v) is 5.96. The number of thiazole rings is 1. The fourth-order valence-corrected chi connectivity index (χ4v) is 3.38. The normalized spacial score (nSPS) is 10.7. The Labute approximate surface area is 117 Å². The standard InChI is InChI=1S/C13H10N2O2S2/c16-13(17)10-4-8(6-14-10)11-7-19-12(15-11)5-9-2-1-3-18-9/h1-4,6-7,14H,5H2,(H,16,17). The van der Waals surface area contributed by atoms with Crippen molar-refractivity contribution in [3.8, 4) is 11.3 Å². The summed E-state index contributed by atoms with van der Waals surface area (Å²) in [6.45, 7) is 0. The molecule has 19 heavy (non-hydrogen) atoms. The van der Waals surface area contributed by atoms with Crippen LogP contribution < -0.4 is 0 Å². The molecular formula is C13H10N2O2S2. The van der Waals surface area contributed by atoms with Crippen LogP contribution in [0.1, 0.15) is 20.4 Å². The topological polar surface area (TPSA) is 66.0 Å². The molecule has 0 amide bonds. The lowest BCUT2D eigenvalue weighted by Gasteiger charge is -1.91. The van der Waals surface area contributed by atoms with Crippen molar-refractivity contribution in [2.45, 2.75) is 6.42 Å². The van der Waals surface area contributed by atoms with E-state index in [-0.39, 0.29) is 5.69 Å². The zero-order chi connectivity index (χ0) is 13.2. The summed E-state index contributed by atoms with van der Waals surface area (Å²) in [4.78, 5) is 19.4. The number of aromatic nitrogens is 2. The average Bonchev–Trinajstić information content (AvgIpc) is 3.09. The predicted molar refractivity (Wildman–Crippen MR) is 76.0 cm³/mol. The molecule has 0 saturated heterocycles. The summed E-state index contributed by atoms with van der Waals surface area (Å²) in [6.07, 6.45) is 2.51. The van der Waals surface area contributed by atoms with Gasteiger partial charge in [-0.3, -0.25) is 0 Å². The van der Waals surface area contributed by atoms with Crippen LogP contribution in [0.3, 0.4) is 0 Å². The average molecular weight is 290 g/mol. The van der Waals surface area contributed by atoms with E-state index in [0.717, 1.165) is 22.7 Å². The van der Waals surface area contributed by atoms with Gasteiger partial charge in [-0.25, -0.2) is 9.78 Å². The van der Waals surface area contributed by atoms with Crippen molar-refractivity contribution in [1.29, 1.82) is 0 Å². The van der Waals surface area contributed by atoms with Crippen LogP contribution in [-0.4, -0.2) is 21.0 Å². The number of thiophene rings is 1. The number of nitrogens with zero attached hydrogens (tertiary/aromatic N) is 1. The largest absolute Gasteiger partial charge is 0.477 e. The van der Waals surface area contributed by atoms with E-state index < -0.39 is 5.97 Å². The van der Waals surface area contributed by atoms with Gasteiger partial charge in [-0.2, -0.15) is 0 Å². The zero-order valence-electron chi connectivity index (χ0n) is 9.79. The smallest absolute Gasteiger partial charge is 0.352 e. The van der Waals surface area contributed by atoms with E-state index in [9.17, 15) is 4.79 Å². The SMILES string of the molecule is O=C(O)c1cc(-c2csc(Cc3cccs3)n2)c[nH]1. The van der Waals surface area contributed by atoms with Crippen LogP contribution in [0, 0.1) is 0 Å². The van der Waals surface area contributed by atoms with Gasteiger partial charge in [0.05, 0.1) is 10.7 Å². The molecule has 0 bridgehead atoms. The highest BCUT2D eigenvalue weighted by Gasteiger charge is 2.10. The van der Waals surface area contributed by atoms with Gasteiger partial charge in [0.15, 0.2) is 0 Å². The van der Waals surface area contributed by atoms with Crippen LogP contribution >= 0.6 is 22.7 Å². The summed E-state index contributed by atoms with van der Waals surface area (Å²) in [5, 5.41) is 13.9. The maximum atomic E-state index is 10.8. The molecule has 0 saturated carbocycles. The summed E-state index contributed by atoms with van der Waals surface area (Å²) in [5.74, 6) is -0.958. The molecule has 0 aliphatic rings. The van der Waals surface area contributed by atoms with E-state index in [0.29, 0.717) is 0 Å². The number of aromatic carboxylic acids is 1. The molecule has 0 spiro atoms. The molecule has 0 fully saturated rings. The van der Waals surface area contributed by atoms with Gasteiger partial charge in [0.1, 0.15) is 5.69 Å². The second kappa shape index (κ2) is 4.99. The maximum Gasteiger partial charge on any atom is 0.352 e. The predicted octanol–water partition coefficient (Wildman–Crippen LogP) is 3.49. The van der Waals surface area contributed by atoms with Crippen molar-refractivity contribution in [1.82, 2.24) is 9.97 Å². The van der Waals surface area contributed by atoms with Crippen LogP contribution in [0.5, 0.6) is 0 Å². The van der Waals surface area contributed by atoms with Crippen molar-refractivity contribution in [2.75, 3.05) is 0 Å². The highest BCUT2D eigenvalue weighted by atomic mass is 32.1. The summed E-state index contributed by atoms with van der Waals surface area (Å²) >= 11 is 3.31. The molecule has 0 atom stereocenters. The highest BCUT2D eigenvalue weighted by Crippen LogP contribution is 2.25. The summed E-state index contributed by atoms with van der Waals surface area (Å²) in [5.41, 5.74) is 1.81. The molecule has 0 aliphatic heterocycles. The lowest BCUT2D eigenvalue weighted by molar-refractivity contribution is 0.0691. The lowest BCUT2D eigenvalue weighted by atomic mass is 10.2. The zero-order valence-corrected chi connectivity index (χ0v) is 11.4. The van der Waals surface area contributed by atoms with Gasteiger partial charge in [0, 0.05) is 28.4 Å². The molecule has 2 N–H and O–H groups in total. The molecule has 3 rings (SSSR count). The molecule has 6 heteroatoms. The molecule has 0 radical (unpaired) electrons. The van der Waals surface area contributed by atoms with E-state index in [1.54, 1.807) is 34.9 Å². The Morgan fingerprint density at radius 2 is 2.32 bits per heavy atom. The molecular weight excluding hydrogens is 280 g/mol. The molecule has 0 unspecified atom stereocenters. The Balaban J connectivity index is 1.82.